The molecule has 0 saturated heterocycles. The van der Waals surface area contributed by atoms with Crippen molar-refractivity contribution in [2.45, 2.75) is 23.3 Å². The van der Waals surface area contributed by atoms with Gasteiger partial charge in [0, 0.05) is 6.54 Å². The number of nitrogens with two attached hydrogens (primary N) is 1. The van der Waals surface area contributed by atoms with E-state index in [1.807, 2.05) is 0 Å². The van der Waals surface area contributed by atoms with Crippen LogP contribution >= 0.6 is 11.8 Å². The summed E-state index contributed by atoms with van der Waals surface area (Å²) >= 11 is 1.01. The van der Waals surface area contributed by atoms with Crippen LogP contribution in [0.1, 0.15) is 11.3 Å². The molecule has 0 aliphatic heterocycles. The van der Waals surface area contributed by atoms with Crippen molar-refractivity contribution in [3.05, 3.63) is 47.4 Å². The number of aryl methyl sites for hydroxylation is 1. The van der Waals surface area contributed by atoms with Gasteiger partial charge in [-0.15, -0.1) is 0 Å². The molecule has 0 atom stereocenters. The predicted molar refractivity (Wildman–Crippen MR) is 61.8 cm³/mol. The van der Waals surface area contributed by atoms with E-state index in [1.165, 1.54) is 18.4 Å². The molecule has 1 heterocycles. The van der Waals surface area contributed by atoms with Crippen LogP contribution in [-0.2, 0) is 6.54 Å². The molecule has 90 valence electrons. The quantitative estimate of drug-likeness (QED) is 0.912. The largest absolute Gasteiger partial charge is 0.468 e. The monoisotopic (exact) mass is 255 g/mol. The van der Waals surface area contributed by atoms with Crippen molar-refractivity contribution in [2.24, 2.45) is 5.73 Å². The minimum Gasteiger partial charge on any atom is -0.468 e. The number of halogens is 2. The highest BCUT2D eigenvalue weighted by Crippen LogP contribution is 2.34. The maximum atomic E-state index is 13.7. The molecule has 0 saturated carbocycles. The Morgan fingerprint density at radius 3 is 2.41 bits per heavy atom. The Balaban J connectivity index is 2.36. The molecule has 1 aromatic carbocycles. The molecular formula is C12H11F2NOS. The molecule has 2 nitrogen and oxygen atoms in total. The highest BCUT2D eigenvalue weighted by molar-refractivity contribution is 7.99. The highest BCUT2D eigenvalue weighted by atomic mass is 32.2. The lowest BCUT2D eigenvalue weighted by atomic mass is 10.2. The van der Waals surface area contributed by atoms with E-state index in [-0.39, 0.29) is 11.4 Å². The molecule has 0 unspecified atom stereocenters. The van der Waals surface area contributed by atoms with Crippen LogP contribution in [0.3, 0.4) is 0 Å². The van der Waals surface area contributed by atoms with Gasteiger partial charge in [0.25, 0.3) is 0 Å². The zero-order chi connectivity index (χ0) is 12.4. The van der Waals surface area contributed by atoms with Gasteiger partial charge >= 0.3 is 0 Å². The van der Waals surface area contributed by atoms with E-state index in [2.05, 4.69) is 0 Å². The van der Waals surface area contributed by atoms with Gasteiger partial charge in [-0.2, -0.15) is 0 Å². The summed E-state index contributed by atoms with van der Waals surface area (Å²) in [7, 11) is 0. The number of furan rings is 1. The summed E-state index contributed by atoms with van der Waals surface area (Å²) in [6.07, 6.45) is 1.49. The predicted octanol–water partition coefficient (Wildman–Crippen LogP) is 3.48. The molecule has 1 aromatic heterocycles. The lowest BCUT2D eigenvalue weighted by molar-refractivity contribution is 0.525. The number of hydrogen-bond donors (Lipinski definition) is 1. The van der Waals surface area contributed by atoms with Gasteiger partial charge in [-0.1, -0.05) is 11.8 Å². The molecule has 0 aliphatic rings. The van der Waals surface area contributed by atoms with Crippen molar-refractivity contribution < 1.29 is 13.2 Å². The Labute approximate surface area is 102 Å². The minimum absolute atomic E-state index is 0.0355. The summed E-state index contributed by atoms with van der Waals surface area (Å²) in [6.45, 7) is 1.86. The second kappa shape index (κ2) is 4.89. The van der Waals surface area contributed by atoms with E-state index in [4.69, 9.17) is 10.2 Å². The van der Waals surface area contributed by atoms with Crippen LogP contribution in [0.4, 0.5) is 8.78 Å². The third-order valence-corrected chi connectivity index (χ3v) is 3.55. The van der Waals surface area contributed by atoms with E-state index < -0.39 is 11.6 Å². The van der Waals surface area contributed by atoms with Crippen LogP contribution in [0.15, 0.2) is 38.7 Å². The van der Waals surface area contributed by atoms with E-state index in [1.54, 1.807) is 13.0 Å². The van der Waals surface area contributed by atoms with Crippen molar-refractivity contribution in [1.82, 2.24) is 0 Å². The van der Waals surface area contributed by atoms with Crippen LogP contribution < -0.4 is 5.73 Å². The van der Waals surface area contributed by atoms with Gasteiger partial charge in [0.2, 0.25) is 0 Å². The summed E-state index contributed by atoms with van der Waals surface area (Å²) in [5.41, 5.74) is 5.78. The lowest BCUT2D eigenvalue weighted by Gasteiger charge is -2.06. The van der Waals surface area contributed by atoms with Crippen LogP contribution in [0.2, 0.25) is 0 Å². The smallest absolute Gasteiger partial charge is 0.140 e. The van der Waals surface area contributed by atoms with E-state index in [9.17, 15) is 8.78 Å². The number of rotatable bonds is 3. The van der Waals surface area contributed by atoms with Crippen molar-refractivity contribution in [2.75, 3.05) is 0 Å². The topological polar surface area (TPSA) is 39.2 Å². The highest BCUT2D eigenvalue weighted by Gasteiger charge is 2.14. The van der Waals surface area contributed by atoms with Crippen molar-refractivity contribution in [1.29, 1.82) is 0 Å². The fourth-order valence-corrected chi connectivity index (χ4v) is 2.27. The second-order valence-corrected chi connectivity index (χ2v) is 4.59. The zero-order valence-corrected chi connectivity index (χ0v) is 9.98. The summed E-state index contributed by atoms with van der Waals surface area (Å²) in [4.78, 5) is 0.662. The van der Waals surface area contributed by atoms with Crippen molar-refractivity contribution >= 4 is 11.8 Å². The first-order valence-corrected chi connectivity index (χ1v) is 5.83. The Hall–Kier alpha value is -1.33. The number of hydrogen-bond acceptors (Lipinski definition) is 3. The fourth-order valence-electron chi connectivity index (χ4n) is 1.42. The SMILES string of the molecule is Cc1occc1Sc1c(F)cc(CN)cc1F. The molecule has 0 radical (unpaired) electrons. The average Bonchev–Trinajstić information content (AvgIpc) is 2.69. The lowest BCUT2D eigenvalue weighted by Crippen LogP contribution is -1.99. The third kappa shape index (κ3) is 2.50. The molecule has 0 fully saturated rings. The van der Waals surface area contributed by atoms with Gasteiger partial charge in [-0.3, -0.25) is 0 Å². The summed E-state index contributed by atoms with van der Waals surface area (Å²) in [5, 5.41) is 0. The summed E-state index contributed by atoms with van der Waals surface area (Å²) in [6, 6.07) is 4.18. The molecule has 0 amide bonds. The molecule has 2 N–H and O–H groups in total. The molecule has 0 bridgehead atoms. The Bertz CT molecular complexity index is 516. The average molecular weight is 255 g/mol. The molecule has 2 aromatic rings. The molecule has 5 heteroatoms. The van der Waals surface area contributed by atoms with Gasteiger partial charge in [0.05, 0.1) is 16.1 Å². The molecule has 17 heavy (non-hydrogen) atoms. The first-order chi connectivity index (χ1) is 8.11. The Kier molecular flexibility index (Phi) is 3.49. The number of benzene rings is 1. The van der Waals surface area contributed by atoms with Gasteiger partial charge in [0.1, 0.15) is 17.4 Å². The van der Waals surface area contributed by atoms with Crippen LogP contribution in [0.5, 0.6) is 0 Å². The first-order valence-electron chi connectivity index (χ1n) is 5.01. The van der Waals surface area contributed by atoms with E-state index in [0.717, 1.165) is 11.8 Å². The molecule has 0 spiro atoms. The zero-order valence-electron chi connectivity index (χ0n) is 9.17. The Morgan fingerprint density at radius 2 is 1.94 bits per heavy atom. The van der Waals surface area contributed by atoms with Crippen LogP contribution in [0, 0.1) is 18.6 Å². The minimum atomic E-state index is -0.601. The van der Waals surface area contributed by atoms with E-state index >= 15 is 0 Å². The summed E-state index contributed by atoms with van der Waals surface area (Å²) < 4.78 is 32.4. The molecular weight excluding hydrogens is 244 g/mol. The van der Waals surface area contributed by atoms with Crippen LogP contribution in [-0.4, -0.2) is 0 Å². The maximum Gasteiger partial charge on any atom is 0.140 e. The maximum absolute atomic E-state index is 13.7. The van der Waals surface area contributed by atoms with Gasteiger partial charge in [0.15, 0.2) is 0 Å². The van der Waals surface area contributed by atoms with Crippen LogP contribution in [0.25, 0.3) is 0 Å². The van der Waals surface area contributed by atoms with Gasteiger partial charge in [-0.25, -0.2) is 8.78 Å². The van der Waals surface area contributed by atoms with Crippen molar-refractivity contribution in [3.63, 3.8) is 0 Å². The Morgan fingerprint density at radius 1 is 1.29 bits per heavy atom. The third-order valence-electron chi connectivity index (χ3n) is 2.32. The van der Waals surface area contributed by atoms with E-state index in [0.29, 0.717) is 16.2 Å². The van der Waals surface area contributed by atoms with Gasteiger partial charge < -0.3 is 10.2 Å². The fraction of sp³-hybridized carbons (Fsp3) is 0.167. The standard InChI is InChI=1S/C12H11F2NOS/c1-7-11(2-3-16-7)17-12-9(13)4-8(6-15)5-10(12)14/h2-5H,6,15H2,1H3. The molecule has 0 aliphatic carbocycles. The normalized spacial score (nSPS) is 10.8. The first kappa shape index (κ1) is 12.1. The molecule has 2 rings (SSSR count). The second-order valence-electron chi connectivity index (χ2n) is 3.54. The van der Waals surface area contributed by atoms with Crippen molar-refractivity contribution in [3.8, 4) is 0 Å². The van der Waals surface area contributed by atoms with Gasteiger partial charge in [-0.05, 0) is 30.7 Å². The summed E-state index contributed by atoms with van der Waals surface area (Å²) in [5.74, 6) is -0.566.